The smallest absolute Gasteiger partial charge is 0.133 e. The highest BCUT2D eigenvalue weighted by molar-refractivity contribution is 7.09. The number of para-hydroxylation sites is 1. The topological polar surface area (TPSA) is 102 Å². The van der Waals surface area contributed by atoms with Gasteiger partial charge in [-0.2, -0.15) is 0 Å². The first kappa shape index (κ1) is 70.9. The van der Waals surface area contributed by atoms with Gasteiger partial charge in [0.25, 0.3) is 0 Å². The number of nitrogens with one attached hydrogen (secondary N) is 2. The van der Waals surface area contributed by atoms with Crippen LogP contribution in [0.25, 0.3) is 22.1 Å². The van der Waals surface area contributed by atoms with Crippen molar-refractivity contribution in [2.45, 2.75) is 173 Å². The summed E-state index contributed by atoms with van der Waals surface area (Å²) in [4.78, 5) is 32.2. The summed E-state index contributed by atoms with van der Waals surface area (Å²) in [5.41, 5.74) is 20.4. The number of anilines is 2. The van der Waals surface area contributed by atoms with Crippen LogP contribution in [0.1, 0.15) is 156 Å². The van der Waals surface area contributed by atoms with E-state index >= 15 is 0 Å². The van der Waals surface area contributed by atoms with Crippen LogP contribution in [-0.4, -0.2) is 62.9 Å². The Hall–Kier alpha value is -6.13. The monoisotopic (exact) mass is 1040 g/mol. The fourth-order valence-electron chi connectivity index (χ4n) is 6.87. The van der Waals surface area contributed by atoms with Crippen molar-refractivity contribution in [3.63, 3.8) is 0 Å². The number of aryl methyl sites for hydroxylation is 9. The highest BCUT2D eigenvalue weighted by Crippen LogP contribution is 2.27. The molecule has 10 heteroatoms. The summed E-state index contributed by atoms with van der Waals surface area (Å²) in [6.07, 6.45) is 3.73. The largest absolute Gasteiger partial charge is 0.377 e. The molecule has 2 N–H and O–H groups in total. The maximum Gasteiger partial charge on any atom is 0.133 e. The van der Waals surface area contributed by atoms with Gasteiger partial charge in [0.05, 0.1) is 28.6 Å². The summed E-state index contributed by atoms with van der Waals surface area (Å²) in [5, 5.41) is 4.11. The van der Waals surface area contributed by atoms with Crippen molar-refractivity contribution in [1.82, 2.24) is 29.9 Å². The average Bonchev–Trinajstić information content (AvgIpc) is 4.23. The Bertz CT molecular complexity index is 2650. The van der Waals surface area contributed by atoms with Crippen LogP contribution in [0.4, 0.5) is 11.5 Å². The Labute approximate surface area is 462 Å². The molecule has 3 aromatic carbocycles. The van der Waals surface area contributed by atoms with Crippen molar-refractivity contribution in [2.75, 3.05) is 37.0 Å². The number of aliphatic imine (C=N–C) groups is 1. The lowest BCUT2D eigenvalue weighted by atomic mass is 9.98. The second-order valence-electron chi connectivity index (χ2n) is 18.1. The van der Waals surface area contributed by atoms with Crippen molar-refractivity contribution in [1.29, 1.82) is 0 Å². The molecular formula is C65H103N9S. The van der Waals surface area contributed by atoms with E-state index in [1.54, 1.807) is 17.5 Å². The summed E-state index contributed by atoms with van der Waals surface area (Å²) in [7, 11) is 4.12. The molecule has 0 aliphatic carbocycles. The molecule has 0 saturated heterocycles. The number of amidine groups is 1. The summed E-state index contributed by atoms with van der Waals surface area (Å²) < 4.78 is 0. The molecule has 75 heavy (non-hydrogen) atoms. The van der Waals surface area contributed by atoms with Crippen LogP contribution in [-0.2, 0) is 0 Å². The molecule has 0 saturated carbocycles. The lowest BCUT2D eigenvalue weighted by Gasteiger charge is -2.15. The Kier molecular flexibility index (Phi) is 37.2. The molecule has 9 rings (SSSR count). The van der Waals surface area contributed by atoms with Crippen molar-refractivity contribution in [3.05, 3.63) is 163 Å². The molecule has 0 unspecified atom stereocenters. The Morgan fingerprint density at radius 3 is 1.48 bits per heavy atom. The number of hydrogen-bond donors (Lipinski definition) is 2. The van der Waals surface area contributed by atoms with Crippen molar-refractivity contribution in [3.8, 4) is 0 Å². The Morgan fingerprint density at radius 1 is 0.533 bits per heavy atom. The van der Waals surface area contributed by atoms with Gasteiger partial charge >= 0.3 is 0 Å². The van der Waals surface area contributed by atoms with E-state index in [4.69, 9.17) is 0 Å². The van der Waals surface area contributed by atoms with Gasteiger partial charge in [0.15, 0.2) is 0 Å². The molecule has 1 aliphatic heterocycles. The number of nitrogens with zero attached hydrogens (tertiary/aromatic N) is 7. The SMILES string of the molecule is CC.CC.CC.CC.CC(C)C.CC1=NCCN1c1ccccn1.Cc1ccccc1C.Cc1ccccc1N(C)C.Cc1cnc(C)c(C)c1C.Cc1nc2c(C)c(C)c(C)c(C)c2[nH]1.Cc1nc2cscc2[nH]1. The quantitative estimate of drug-likeness (QED) is 0.179. The number of aromatic amines is 2. The molecule has 0 fully saturated rings. The van der Waals surface area contributed by atoms with Gasteiger partial charge in [0.2, 0.25) is 0 Å². The minimum absolute atomic E-state index is 0.833. The molecular weight excluding hydrogens is 939 g/mol. The van der Waals surface area contributed by atoms with E-state index in [9.17, 15) is 0 Å². The first-order chi connectivity index (χ1) is 35.6. The standard InChI is InChI=1S/C12H16N2.C9H11N3.2C9H13N.C8H10.C6H6N2S.C4H10.4C2H6/c1-6-7(2)9(4)12-11(8(6)3)13-10(5)14-12;1-8-10-6-7-12(8)9-4-2-3-5-11-9;1-6-5-10-9(4)8(3)7(6)2;1-8-6-4-5-7-9(8)10(2)3;1-7-5-3-4-6-8(7)2;1-4-7-5-2-9-3-6(5)8-4;1-4(2)3;4*1-2/h1-5H3,(H,13,14);2-5H,6-7H2,1H3;5H,1-4H3;4-7H,1-3H3;3-6H,1-2H3;2-3H,1H3,(H,7,8);4H,1-3H3;4*1-2H3. The maximum atomic E-state index is 4.52. The van der Waals surface area contributed by atoms with Gasteiger partial charge in [-0.1, -0.05) is 125 Å². The zero-order chi connectivity index (χ0) is 58.0. The lowest BCUT2D eigenvalue weighted by molar-refractivity contribution is 0.737. The number of imidazole rings is 2. The molecule has 6 heterocycles. The zero-order valence-electron chi connectivity index (χ0n) is 52.2. The van der Waals surface area contributed by atoms with Crippen LogP contribution in [0.15, 0.2) is 94.9 Å². The summed E-state index contributed by atoms with van der Waals surface area (Å²) in [5.74, 6) is 4.88. The molecule has 1 aliphatic rings. The van der Waals surface area contributed by atoms with Gasteiger partial charge in [-0.15, -0.1) is 11.3 Å². The summed E-state index contributed by atoms with van der Waals surface area (Å²) >= 11 is 1.67. The molecule has 0 amide bonds. The van der Waals surface area contributed by atoms with Crippen molar-refractivity contribution >= 4 is 50.7 Å². The molecule has 414 valence electrons. The number of pyridine rings is 2. The zero-order valence-corrected chi connectivity index (χ0v) is 53.0. The third-order valence-corrected chi connectivity index (χ3v) is 12.4. The molecule has 5 aromatic heterocycles. The molecule has 0 spiro atoms. The molecule has 0 bridgehead atoms. The first-order valence-electron chi connectivity index (χ1n) is 27.3. The number of rotatable bonds is 2. The minimum atomic E-state index is 0.833. The van der Waals surface area contributed by atoms with E-state index < -0.39 is 0 Å². The maximum absolute atomic E-state index is 4.52. The predicted octanol–water partition coefficient (Wildman–Crippen LogP) is 18.8. The van der Waals surface area contributed by atoms with Gasteiger partial charge in [-0.25, -0.2) is 15.0 Å². The minimum Gasteiger partial charge on any atom is -0.377 e. The highest BCUT2D eigenvalue weighted by Gasteiger charge is 2.14. The van der Waals surface area contributed by atoms with Crippen LogP contribution in [0.3, 0.4) is 0 Å². The second-order valence-corrected chi connectivity index (χ2v) is 18.8. The van der Waals surface area contributed by atoms with Crippen LogP contribution < -0.4 is 9.80 Å². The molecule has 0 atom stereocenters. The van der Waals surface area contributed by atoms with Gasteiger partial charge in [0.1, 0.15) is 23.3 Å². The van der Waals surface area contributed by atoms with Crippen LogP contribution in [0.5, 0.6) is 0 Å². The van der Waals surface area contributed by atoms with Crippen molar-refractivity contribution in [2.24, 2.45) is 10.9 Å². The number of benzene rings is 3. The van der Waals surface area contributed by atoms with Gasteiger partial charge < -0.3 is 19.8 Å². The fourth-order valence-corrected chi connectivity index (χ4v) is 7.56. The molecule has 9 nitrogen and oxygen atoms in total. The number of thiophene rings is 1. The van der Waals surface area contributed by atoms with E-state index in [2.05, 4.69) is 203 Å². The number of H-pyrrole nitrogens is 2. The second kappa shape index (κ2) is 39.3. The van der Waals surface area contributed by atoms with Crippen LogP contribution >= 0.6 is 11.3 Å². The van der Waals surface area contributed by atoms with Gasteiger partial charge in [0, 0.05) is 55.2 Å². The molecule has 0 radical (unpaired) electrons. The van der Waals surface area contributed by atoms with E-state index in [0.29, 0.717) is 0 Å². The third-order valence-electron chi connectivity index (χ3n) is 11.6. The summed E-state index contributed by atoms with van der Waals surface area (Å²) in [6, 6.07) is 22.6. The predicted molar refractivity (Wildman–Crippen MR) is 339 cm³/mol. The normalized spacial score (nSPS) is 10.4. The average molecular weight is 1040 g/mol. The number of aromatic nitrogens is 6. The van der Waals surface area contributed by atoms with Crippen LogP contribution in [0.2, 0.25) is 0 Å². The van der Waals surface area contributed by atoms with E-state index in [1.165, 1.54) is 66.8 Å². The first-order valence-corrected chi connectivity index (χ1v) is 28.2. The van der Waals surface area contributed by atoms with Gasteiger partial charge in [-0.3, -0.25) is 9.98 Å². The van der Waals surface area contributed by atoms with Crippen LogP contribution in [0, 0.1) is 95.9 Å². The highest BCUT2D eigenvalue weighted by atomic mass is 32.1. The fraction of sp³-hybridized carbons (Fsp3) is 0.462. The van der Waals surface area contributed by atoms with Gasteiger partial charge in [-0.05, 0) is 177 Å². The molecule has 8 aromatic rings. The van der Waals surface area contributed by atoms with E-state index in [0.717, 1.165) is 64.6 Å². The summed E-state index contributed by atoms with van der Waals surface area (Å²) in [6.45, 7) is 53.7. The van der Waals surface area contributed by atoms with E-state index in [-0.39, 0.29) is 0 Å². The number of hydrogen-bond acceptors (Lipinski definition) is 8. The van der Waals surface area contributed by atoms with Crippen molar-refractivity contribution < 1.29 is 0 Å². The lowest BCUT2D eigenvalue weighted by Crippen LogP contribution is -2.25. The third kappa shape index (κ3) is 24.8. The Balaban J connectivity index is 0. The number of fused-ring (bicyclic) bond motifs is 2. The Morgan fingerprint density at radius 2 is 1.04 bits per heavy atom. The van der Waals surface area contributed by atoms with E-state index in [1.807, 2.05) is 113 Å².